The van der Waals surface area contributed by atoms with E-state index in [0.717, 1.165) is 10.9 Å². The lowest BCUT2D eigenvalue weighted by atomic mass is 10.2. The highest BCUT2D eigenvalue weighted by Gasteiger charge is 2.20. The number of thioether (sulfide) groups is 1. The topological polar surface area (TPSA) is 77.1 Å². The molecule has 8 heteroatoms. The summed E-state index contributed by atoms with van der Waals surface area (Å²) in [5, 5.41) is 4.60. The summed E-state index contributed by atoms with van der Waals surface area (Å²) >= 11 is 7.10. The van der Waals surface area contributed by atoms with E-state index in [1.807, 2.05) is 49.4 Å². The summed E-state index contributed by atoms with van der Waals surface area (Å²) in [5.74, 6) is -0.146. The number of nitrogens with one attached hydrogen (secondary N) is 1. The number of carbonyl (C=O) groups excluding carboxylic acids is 1. The number of carbonyl (C=O) groups is 1. The molecule has 3 aromatic carbocycles. The van der Waals surface area contributed by atoms with Gasteiger partial charge in [-0.05, 0) is 55.0 Å². The first kappa shape index (κ1) is 21.3. The average Bonchev–Trinajstić information content (AvgIpc) is 3.19. The first-order chi connectivity index (χ1) is 16.0. The quantitative estimate of drug-likeness (QED) is 0.256. The molecular weight excluding hydrogens is 458 g/mol. The molecular formula is C25H18ClN3O3S. The number of para-hydroxylation sites is 2. The van der Waals surface area contributed by atoms with Gasteiger partial charge in [-0.15, -0.1) is 0 Å². The Bertz CT molecular complexity index is 1560. The Labute approximate surface area is 198 Å². The summed E-state index contributed by atoms with van der Waals surface area (Å²) in [4.78, 5) is 30.9. The number of halogens is 1. The van der Waals surface area contributed by atoms with Crippen LogP contribution in [0.25, 0.3) is 27.8 Å². The van der Waals surface area contributed by atoms with Crippen LogP contribution >= 0.6 is 23.4 Å². The number of benzene rings is 3. The SMILES string of the molecule is Cc1ccccc1-n1c(SCC(=O)Nc2ccc(Cl)cc2)nc2c(oc3ccccc32)c1=O. The van der Waals surface area contributed by atoms with Crippen molar-refractivity contribution in [2.75, 3.05) is 11.1 Å². The summed E-state index contributed by atoms with van der Waals surface area (Å²) in [5.41, 5.74) is 3.20. The molecule has 33 heavy (non-hydrogen) atoms. The van der Waals surface area contributed by atoms with Gasteiger partial charge in [-0.1, -0.05) is 53.7 Å². The number of hydrogen-bond donors (Lipinski definition) is 1. The lowest BCUT2D eigenvalue weighted by Gasteiger charge is -2.13. The number of aromatic nitrogens is 2. The van der Waals surface area contributed by atoms with Crippen molar-refractivity contribution < 1.29 is 9.21 Å². The molecule has 6 nitrogen and oxygen atoms in total. The molecule has 0 radical (unpaired) electrons. The maximum absolute atomic E-state index is 13.5. The number of hydrogen-bond acceptors (Lipinski definition) is 5. The Hall–Kier alpha value is -3.55. The normalized spacial score (nSPS) is 11.2. The second-order valence-electron chi connectivity index (χ2n) is 7.44. The third kappa shape index (κ3) is 4.13. The molecule has 0 bridgehead atoms. The van der Waals surface area contributed by atoms with E-state index >= 15 is 0 Å². The number of furan rings is 1. The van der Waals surface area contributed by atoms with Crippen LogP contribution < -0.4 is 10.9 Å². The van der Waals surface area contributed by atoms with E-state index in [-0.39, 0.29) is 22.8 Å². The molecule has 0 atom stereocenters. The molecule has 0 aliphatic rings. The predicted molar refractivity (Wildman–Crippen MR) is 133 cm³/mol. The Morgan fingerprint density at radius 3 is 2.58 bits per heavy atom. The van der Waals surface area contributed by atoms with Crippen LogP contribution in [-0.2, 0) is 4.79 Å². The lowest BCUT2D eigenvalue weighted by Crippen LogP contribution is -2.23. The minimum Gasteiger partial charge on any atom is -0.448 e. The lowest BCUT2D eigenvalue weighted by molar-refractivity contribution is -0.113. The zero-order valence-electron chi connectivity index (χ0n) is 17.5. The van der Waals surface area contributed by atoms with Gasteiger partial charge in [0.2, 0.25) is 11.5 Å². The third-order valence-electron chi connectivity index (χ3n) is 5.18. The van der Waals surface area contributed by atoms with Gasteiger partial charge in [-0.25, -0.2) is 4.98 Å². The molecule has 5 aromatic rings. The molecule has 0 unspecified atom stereocenters. The van der Waals surface area contributed by atoms with Crippen molar-refractivity contribution in [2.24, 2.45) is 0 Å². The predicted octanol–water partition coefficient (Wildman–Crippen LogP) is 5.82. The van der Waals surface area contributed by atoms with Crippen molar-refractivity contribution >= 4 is 57.0 Å². The largest absolute Gasteiger partial charge is 0.448 e. The van der Waals surface area contributed by atoms with E-state index in [4.69, 9.17) is 21.0 Å². The fraction of sp³-hybridized carbons (Fsp3) is 0.0800. The van der Waals surface area contributed by atoms with Crippen LogP contribution in [0.5, 0.6) is 0 Å². The van der Waals surface area contributed by atoms with E-state index < -0.39 is 0 Å². The fourth-order valence-corrected chi connectivity index (χ4v) is 4.53. The van der Waals surface area contributed by atoms with Gasteiger partial charge in [0.25, 0.3) is 0 Å². The highest BCUT2D eigenvalue weighted by atomic mass is 35.5. The van der Waals surface area contributed by atoms with Crippen LogP contribution in [0.4, 0.5) is 5.69 Å². The molecule has 0 aliphatic heterocycles. The maximum atomic E-state index is 13.5. The Morgan fingerprint density at radius 1 is 1.06 bits per heavy atom. The molecule has 0 spiro atoms. The number of aryl methyl sites for hydroxylation is 1. The Morgan fingerprint density at radius 2 is 1.79 bits per heavy atom. The summed E-state index contributed by atoms with van der Waals surface area (Å²) in [7, 11) is 0. The van der Waals surface area contributed by atoms with Crippen molar-refractivity contribution in [3.8, 4) is 5.69 Å². The molecule has 2 aromatic heterocycles. The number of fused-ring (bicyclic) bond motifs is 3. The molecule has 0 fully saturated rings. The highest BCUT2D eigenvalue weighted by molar-refractivity contribution is 7.99. The van der Waals surface area contributed by atoms with E-state index in [0.29, 0.717) is 32.7 Å². The summed E-state index contributed by atoms with van der Waals surface area (Å²) in [6.45, 7) is 1.92. The van der Waals surface area contributed by atoms with Crippen LogP contribution in [0.2, 0.25) is 5.02 Å². The molecule has 1 amide bonds. The molecule has 164 valence electrons. The summed E-state index contributed by atoms with van der Waals surface area (Å²) < 4.78 is 7.37. The number of amides is 1. The Kier molecular flexibility index (Phi) is 5.66. The monoisotopic (exact) mass is 475 g/mol. The zero-order valence-corrected chi connectivity index (χ0v) is 19.1. The van der Waals surface area contributed by atoms with Crippen molar-refractivity contribution in [3.63, 3.8) is 0 Å². The van der Waals surface area contributed by atoms with Gasteiger partial charge in [-0.2, -0.15) is 0 Å². The van der Waals surface area contributed by atoms with Crippen LogP contribution in [0, 0.1) is 6.92 Å². The molecule has 1 N–H and O–H groups in total. The van der Waals surface area contributed by atoms with Gasteiger partial charge >= 0.3 is 5.56 Å². The first-order valence-electron chi connectivity index (χ1n) is 10.2. The maximum Gasteiger partial charge on any atom is 0.302 e. The van der Waals surface area contributed by atoms with Gasteiger partial charge in [0.1, 0.15) is 11.1 Å². The minimum atomic E-state index is -0.314. The first-order valence-corrected chi connectivity index (χ1v) is 11.6. The van der Waals surface area contributed by atoms with Crippen LogP contribution in [0.3, 0.4) is 0 Å². The van der Waals surface area contributed by atoms with E-state index in [1.165, 1.54) is 16.3 Å². The van der Waals surface area contributed by atoms with E-state index in [1.54, 1.807) is 30.3 Å². The molecule has 0 aliphatic carbocycles. The minimum absolute atomic E-state index is 0.0717. The van der Waals surface area contributed by atoms with Crippen molar-refractivity contribution in [2.45, 2.75) is 12.1 Å². The van der Waals surface area contributed by atoms with Gasteiger partial charge in [0.05, 0.1) is 11.4 Å². The molecule has 5 rings (SSSR count). The van der Waals surface area contributed by atoms with Crippen LogP contribution in [-0.4, -0.2) is 21.2 Å². The number of nitrogens with zero attached hydrogens (tertiary/aromatic N) is 2. The smallest absolute Gasteiger partial charge is 0.302 e. The second-order valence-corrected chi connectivity index (χ2v) is 8.82. The average molecular weight is 476 g/mol. The standard InChI is InChI=1S/C25H18ClN3O3S/c1-15-6-2-4-8-19(15)29-24(31)23-22(18-7-3-5-9-20(18)32-23)28-25(29)33-14-21(30)27-17-12-10-16(26)11-13-17/h2-13H,14H2,1H3,(H,27,30). The van der Waals surface area contributed by atoms with E-state index in [9.17, 15) is 9.59 Å². The van der Waals surface area contributed by atoms with Crippen LogP contribution in [0.1, 0.15) is 5.56 Å². The van der Waals surface area contributed by atoms with Crippen LogP contribution in [0.15, 0.2) is 87.2 Å². The molecule has 0 saturated heterocycles. The number of anilines is 1. The van der Waals surface area contributed by atoms with Gasteiger partial charge < -0.3 is 9.73 Å². The molecule has 2 heterocycles. The second kappa shape index (κ2) is 8.77. The van der Waals surface area contributed by atoms with Gasteiger partial charge in [0.15, 0.2) is 5.16 Å². The van der Waals surface area contributed by atoms with Crippen molar-refractivity contribution in [3.05, 3.63) is 93.7 Å². The van der Waals surface area contributed by atoms with E-state index in [2.05, 4.69) is 5.32 Å². The summed E-state index contributed by atoms with van der Waals surface area (Å²) in [6.07, 6.45) is 0. The molecule has 0 saturated carbocycles. The third-order valence-corrected chi connectivity index (χ3v) is 6.37. The zero-order chi connectivity index (χ0) is 22.9. The fourth-order valence-electron chi connectivity index (χ4n) is 3.61. The summed E-state index contributed by atoms with van der Waals surface area (Å²) in [6, 6.07) is 21.8. The van der Waals surface area contributed by atoms with Gasteiger partial charge in [0, 0.05) is 16.1 Å². The van der Waals surface area contributed by atoms with Crippen molar-refractivity contribution in [1.29, 1.82) is 0 Å². The number of rotatable bonds is 5. The van der Waals surface area contributed by atoms with Gasteiger partial charge in [-0.3, -0.25) is 14.2 Å². The Balaban J connectivity index is 1.57. The highest BCUT2D eigenvalue weighted by Crippen LogP contribution is 2.29. The van der Waals surface area contributed by atoms with Crippen molar-refractivity contribution in [1.82, 2.24) is 9.55 Å².